The molecule has 2 aromatic rings. The first-order chi connectivity index (χ1) is 13.9. The summed E-state index contributed by atoms with van der Waals surface area (Å²) in [6.45, 7) is 3.69. The van der Waals surface area contributed by atoms with Gasteiger partial charge in [0.1, 0.15) is 5.75 Å². The fraction of sp³-hybridized carbons (Fsp3) is 0.391. The Hall–Kier alpha value is -2.53. The summed E-state index contributed by atoms with van der Waals surface area (Å²) in [4.78, 5) is 24.5. The Morgan fingerprint density at radius 3 is 2.28 bits per heavy atom. The van der Waals surface area contributed by atoms with E-state index in [0.717, 1.165) is 24.0 Å². The van der Waals surface area contributed by atoms with E-state index in [1.165, 1.54) is 19.3 Å². The van der Waals surface area contributed by atoms with E-state index in [1.807, 2.05) is 26.0 Å². The highest BCUT2D eigenvalue weighted by atomic mass is 35.5. The van der Waals surface area contributed by atoms with E-state index in [9.17, 15) is 9.59 Å². The third-order valence-corrected chi connectivity index (χ3v) is 5.75. The smallest absolute Gasteiger partial charge is 0.262 e. The van der Waals surface area contributed by atoms with Gasteiger partial charge in [-0.1, -0.05) is 30.9 Å². The maximum atomic E-state index is 12.4. The number of anilines is 1. The molecule has 0 aromatic heterocycles. The number of hydrogen-bond donors (Lipinski definition) is 2. The molecule has 0 radical (unpaired) electrons. The van der Waals surface area contributed by atoms with Crippen LogP contribution in [0.2, 0.25) is 5.02 Å². The summed E-state index contributed by atoms with van der Waals surface area (Å²) in [6.07, 6.45) is 5.70. The molecule has 1 aliphatic carbocycles. The number of halogens is 1. The molecule has 0 unspecified atom stereocenters. The van der Waals surface area contributed by atoms with Crippen LogP contribution in [-0.4, -0.2) is 24.5 Å². The van der Waals surface area contributed by atoms with E-state index >= 15 is 0 Å². The molecule has 0 heterocycles. The molecule has 29 heavy (non-hydrogen) atoms. The predicted octanol–water partition coefficient (Wildman–Crippen LogP) is 5.04. The normalized spacial score (nSPS) is 14.3. The van der Waals surface area contributed by atoms with Crippen molar-refractivity contribution < 1.29 is 14.3 Å². The van der Waals surface area contributed by atoms with Crippen molar-refractivity contribution >= 4 is 29.1 Å². The van der Waals surface area contributed by atoms with Crippen molar-refractivity contribution in [2.75, 3.05) is 11.9 Å². The fourth-order valence-electron chi connectivity index (χ4n) is 3.56. The molecule has 0 aliphatic heterocycles. The summed E-state index contributed by atoms with van der Waals surface area (Å²) < 4.78 is 5.57. The summed E-state index contributed by atoms with van der Waals surface area (Å²) in [6, 6.07) is 10.8. The highest BCUT2D eigenvalue weighted by molar-refractivity contribution is 6.32. The van der Waals surface area contributed by atoms with E-state index < -0.39 is 0 Å². The van der Waals surface area contributed by atoms with E-state index in [0.29, 0.717) is 22.0 Å². The van der Waals surface area contributed by atoms with E-state index in [4.69, 9.17) is 16.3 Å². The first kappa shape index (κ1) is 21.2. The fourth-order valence-corrected chi connectivity index (χ4v) is 3.67. The minimum Gasteiger partial charge on any atom is -0.484 e. The Bertz CT molecular complexity index is 851. The number of aryl methyl sites for hydroxylation is 2. The van der Waals surface area contributed by atoms with Gasteiger partial charge in [-0.05, 0) is 74.2 Å². The van der Waals surface area contributed by atoms with E-state index in [-0.39, 0.29) is 24.5 Å². The monoisotopic (exact) mass is 414 g/mol. The predicted molar refractivity (Wildman–Crippen MR) is 116 cm³/mol. The maximum Gasteiger partial charge on any atom is 0.262 e. The van der Waals surface area contributed by atoms with Crippen molar-refractivity contribution in [3.05, 3.63) is 58.1 Å². The first-order valence-corrected chi connectivity index (χ1v) is 10.4. The van der Waals surface area contributed by atoms with Crippen LogP contribution >= 0.6 is 11.6 Å². The highest BCUT2D eigenvalue weighted by Gasteiger charge is 2.16. The van der Waals surface area contributed by atoms with Crippen molar-refractivity contribution in [3.8, 4) is 5.75 Å². The number of ether oxygens (including phenoxy) is 1. The Balaban J connectivity index is 1.50. The van der Waals surface area contributed by atoms with Gasteiger partial charge in [0, 0.05) is 22.3 Å². The molecule has 1 aliphatic rings. The quantitative estimate of drug-likeness (QED) is 0.696. The van der Waals surface area contributed by atoms with Gasteiger partial charge in [-0.15, -0.1) is 0 Å². The van der Waals surface area contributed by atoms with Crippen LogP contribution in [0.3, 0.4) is 0 Å². The van der Waals surface area contributed by atoms with Crippen LogP contribution in [0.1, 0.15) is 53.6 Å². The first-order valence-electron chi connectivity index (χ1n) is 10.0. The Morgan fingerprint density at radius 1 is 1.03 bits per heavy atom. The molecular weight excluding hydrogens is 388 g/mol. The number of nitrogens with one attached hydrogen (secondary N) is 2. The molecule has 0 spiro atoms. The van der Waals surface area contributed by atoms with Gasteiger partial charge < -0.3 is 15.4 Å². The lowest BCUT2D eigenvalue weighted by Gasteiger charge is -2.22. The van der Waals surface area contributed by atoms with Crippen LogP contribution in [0.25, 0.3) is 0 Å². The van der Waals surface area contributed by atoms with Crippen LogP contribution in [0.5, 0.6) is 5.75 Å². The SMILES string of the molecule is Cc1cc(OCC(=O)Nc2ccc(C(=O)NC3CCCCC3)cc2)cc(C)c1Cl. The van der Waals surface area contributed by atoms with Gasteiger partial charge >= 0.3 is 0 Å². The molecule has 1 saturated carbocycles. The Kier molecular flexibility index (Phi) is 7.15. The Morgan fingerprint density at radius 2 is 1.66 bits per heavy atom. The van der Waals surface area contributed by atoms with Gasteiger partial charge in [0.05, 0.1) is 0 Å². The van der Waals surface area contributed by atoms with Crippen molar-refractivity contribution in [2.24, 2.45) is 0 Å². The van der Waals surface area contributed by atoms with Crippen molar-refractivity contribution in [2.45, 2.75) is 52.0 Å². The van der Waals surface area contributed by atoms with Crippen LogP contribution in [0, 0.1) is 13.8 Å². The lowest BCUT2D eigenvalue weighted by molar-refractivity contribution is -0.118. The number of amides is 2. The average molecular weight is 415 g/mol. The highest BCUT2D eigenvalue weighted by Crippen LogP contribution is 2.26. The van der Waals surface area contributed by atoms with E-state index in [1.54, 1.807) is 24.3 Å². The number of hydrogen-bond acceptors (Lipinski definition) is 3. The minimum atomic E-state index is -0.269. The topological polar surface area (TPSA) is 67.4 Å². The maximum absolute atomic E-state index is 12.4. The second kappa shape index (κ2) is 9.79. The third-order valence-electron chi connectivity index (χ3n) is 5.15. The van der Waals surface area contributed by atoms with Crippen molar-refractivity contribution in [3.63, 3.8) is 0 Å². The molecule has 3 rings (SSSR count). The van der Waals surface area contributed by atoms with Gasteiger partial charge in [-0.2, -0.15) is 0 Å². The third kappa shape index (κ3) is 5.97. The summed E-state index contributed by atoms with van der Waals surface area (Å²) in [5, 5.41) is 6.57. The van der Waals surface area contributed by atoms with E-state index in [2.05, 4.69) is 10.6 Å². The summed E-state index contributed by atoms with van der Waals surface area (Å²) in [5.74, 6) is 0.274. The molecule has 0 atom stereocenters. The van der Waals surface area contributed by atoms with Crippen LogP contribution < -0.4 is 15.4 Å². The van der Waals surface area contributed by atoms with Gasteiger partial charge in [-0.3, -0.25) is 9.59 Å². The molecule has 0 saturated heterocycles. The summed E-state index contributed by atoms with van der Waals surface area (Å²) >= 11 is 6.15. The second-order valence-electron chi connectivity index (χ2n) is 7.59. The van der Waals surface area contributed by atoms with Gasteiger partial charge in [0.2, 0.25) is 0 Å². The van der Waals surface area contributed by atoms with Crippen LogP contribution in [-0.2, 0) is 4.79 Å². The number of carbonyl (C=O) groups is 2. The molecule has 5 nitrogen and oxygen atoms in total. The lowest BCUT2D eigenvalue weighted by Crippen LogP contribution is -2.36. The molecule has 2 amide bonds. The molecule has 0 bridgehead atoms. The number of carbonyl (C=O) groups excluding carboxylic acids is 2. The summed E-state index contributed by atoms with van der Waals surface area (Å²) in [7, 11) is 0. The zero-order chi connectivity index (χ0) is 20.8. The lowest BCUT2D eigenvalue weighted by atomic mass is 9.95. The van der Waals surface area contributed by atoms with Crippen LogP contribution in [0.4, 0.5) is 5.69 Å². The molecular formula is C23H27ClN2O3. The molecule has 154 valence electrons. The van der Waals surface area contributed by atoms with Gasteiger partial charge in [0.15, 0.2) is 6.61 Å². The number of rotatable bonds is 6. The molecule has 1 fully saturated rings. The zero-order valence-electron chi connectivity index (χ0n) is 16.9. The second-order valence-corrected chi connectivity index (χ2v) is 7.97. The molecule has 2 N–H and O–H groups in total. The summed E-state index contributed by atoms with van der Waals surface area (Å²) in [5.41, 5.74) is 3.03. The largest absolute Gasteiger partial charge is 0.484 e. The van der Waals surface area contributed by atoms with Gasteiger partial charge in [0.25, 0.3) is 11.8 Å². The van der Waals surface area contributed by atoms with Crippen molar-refractivity contribution in [1.29, 1.82) is 0 Å². The standard InChI is InChI=1S/C23H27ClN2O3/c1-15-12-20(13-16(2)22(15)24)29-14-21(27)25-19-10-8-17(9-11-19)23(28)26-18-6-4-3-5-7-18/h8-13,18H,3-7,14H2,1-2H3,(H,25,27)(H,26,28). The average Bonchev–Trinajstić information content (AvgIpc) is 2.71. The zero-order valence-corrected chi connectivity index (χ0v) is 17.6. The number of benzene rings is 2. The van der Waals surface area contributed by atoms with Crippen molar-refractivity contribution in [1.82, 2.24) is 5.32 Å². The minimum absolute atomic E-state index is 0.0633. The van der Waals surface area contributed by atoms with Gasteiger partial charge in [-0.25, -0.2) is 0 Å². The van der Waals surface area contributed by atoms with Crippen LogP contribution in [0.15, 0.2) is 36.4 Å². The molecule has 2 aromatic carbocycles. The molecule has 6 heteroatoms. The Labute approximate surface area is 176 Å².